The van der Waals surface area contributed by atoms with E-state index in [0.717, 1.165) is 12.8 Å². The van der Waals surface area contributed by atoms with Gasteiger partial charge in [0.2, 0.25) is 0 Å². The summed E-state index contributed by atoms with van der Waals surface area (Å²) < 4.78 is 10.9. The maximum atomic E-state index is 12.7. The van der Waals surface area contributed by atoms with Gasteiger partial charge in [0, 0.05) is 5.57 Å². The van der Waals surface area contributed by atoms with Gasteiger partial charge in [-0.15, -0.1) is 6.58 Å². The minimum absolute atomic E-state index is 0.0422. The Morgan fingerprint density at radius 3 is 2.52 bits per heavy atom. The van der Waals surface area contributed by atoms with Gasteiger partial charge in [-0.1, -0.05) is 39.8 Å². The summed E-state index contributed by atoms with van der Waals surface area (Å²) in [6.45, 7) is 16.1. The van der Waals surface area contributed by atoms with Crippen molar-refractivity contribution in [1.82, 2.24) is 0 Å². The Hall–Kier alpha value is -1.58. The third-order valence-electron chi connectivity index (χ3n) is 5.07. The molecule has 1 aliphatic rings. The molecule has 0 amide bonds. The predicted octanol–water partition coefficient (Wildman–Crippen LogP) is 4.69. The average molecular weight is 350 g/mol. The first-order valence-electron chi connectivity index (χ1n) is 9.46. The predicted molar refractivity (Wildman–Crippen MR) is 99.9 cm³/mol. The van der Waals surface area contributed by atoms with Crippen molar-refractivity contribution in [3.05, 3.63) is 24.8 Å². The Balaban J connectivity index is 2.75. The standard InChI is InChI=1S/C21H34O4/c1-7-9-17(13-16(6)20(22)24-8-2)21(23)25-19-12-15(5)10-11-18(19)14(3)4/h7,14-15,17-19H,1,6,8-13H2,2-5H3/t15-,17?,18+,19-/m1/s1. The highest BCUT2D eigenvalue weighted by atomic mass is 16.5. The van der Waals surface area contributed by atoms with Crippen LogP contribution in [0.15, 0.2) is 24.8 Å². The van der Waals surface area contributed by atoms with Crippen LogP contribution in [-0.2, 0) is 19.1 Å². The molecule has 1 aliphatic carbocycles. The molecule has 0 aromatic carbocycles. The minimum Gasteiger partial charge on any atom is -0.463 e. The zero-order valence-corrected chi connectivity index (χ0v) is 16.3. The van der Waals surface area contributed by atoms with E-state index in [4.69, 9.17) is 9.47 Å². The lowest BCUT2D eigenvalue weighted by atomic mass is 9.75. The van der Waals surface area contributed by atoms with Gasteiger partial charge in [-0.3, -0.25) is 4.79 Å². The second kappa shape index (κ2) is 10.4. The van der Waals surface area contributed by atoms with Crippen LogP contribution in [-0.4, -0.2) is 24.6 Å². The molecule has 25 heavy (non-hydrogen) atoms. The van der Waals surface area contributed by atoms with Crippen molar-refractivity contribution in [1.29, 1.82) is 0 Å². The molecule has 1 fully saturated rings. The van der Waals surface area contributed by atoms with E-state index in [9.17, 15) is 9.59 Å². The van der Waals surface area contributed by atoms with E-state index in [1.54, 1.807) is 13.0 Å². The van der Waals surface area contributed by atoms with Crippen LogP contribution in [0.5, 0.6) is 0 Å². The van der Waals surface area contributed by atoms with Gasteiger partial charge in [-0.05, 0) is 50.4 Å². The SMILES string of the molecule is C=CCC(CC(=C)C(=O)OCC)C(=O)O[C@@H]1C[C@H](C)CC[C@H]1C(C)C. The van der Waals surface area contributed by atoms with Crippen molar-refractivity contribution >= 4 is 11.9 Å². The normalized spacial score (nSPS) is 24.4. The van der Waals surface area contributed by atoms with Gasteiger partial charge < -0.3 is 9.47 Å². The lowest BCUT2D eigenvalue weighted by Crippen LogP contribution is -2.37. The van der Waals surface area contributed by atoms with Crippen molar-refractivity contribution in [2.24, 2.45) is 23.7 Å². The summed E-state index contributed by atoms with van der Waals surface area (Å²) >= 11 is 0. The fourth-order valence-corrected chi connectivity index (χ4v) is 3.57. The Morgan fingerprint density at radius 1 is 1.28 bits per heavy atom. The number of allylic oxidation sites excluding steroid dienone is 1. The van der Waals surface area contributed by atoms with Crippen LogP contribution in [0.1, 0.15) is 59.8 Å². The van der Waals surface area contributed by atoms with Crippen LogP contribution in [0.4, 0.5) is 0 Å². The van der Waals surface area contributed by atoms with Gasteiger partial charge in [-0.2, -0.15) is 0 Å². The fourth-order valence-electron chi connectivity index (χ4n) is 3.57. The third-order valence-corrected chi connectivity index (χ3v) is 5.07. The summed E-state index contributed by atoms with van der Waals surface area (Å²) in [4.78, 5) is 24.5. The second-order valence-corrected chi connectivity index (χ2v) is 7.55. The van der Waals surface area contributed by atoms with Crippen LogP contribution >= 0.6 is 0 Å². The quantitative estimate of drug-likeness (QED) is 0.344. The topological polar surface area (TPSA) is 52.6 Å². The highest BCUT2D eigenvalue weighted by molar-refractivity contribution is 5.88. The van der Waals surface area contributed by atoms with E-state index in [2.05, 4.69) is 33.9 Å². The molecule has 0 aromatic heterocycles. The fraction of sp³-hybridized carbons (Fsp3) is 0.714. The molecule has 1 unspecified atom stereocenters. The van der Waals surface area contributed by atoms with E-state index in [1.807, 2.05) is 0 Å². The number of esters is 2. The molecule has 0 spiro atoms. The second-order valence-electron chi connectivity index (χ2n) is 7.55. The number of hydrogen-bond donors (Lipinski definition) is 0. The molecule has 0 radical (unpaired) electrons. The van der Waals surface area contributed by atoms with Gasteiger partial charge in [0.25, 0.3) is 0 Å². The van der Waals surface area contributed by atoms with Crippen molar-refractivity contribution in [3.8, 4) is 0 Å². The van der Waals surface area contributed by atoms with Gasteiger partial charge in [0.15, 0.2) is 0 Å². The van der Waals surface area contributed by atoms with Gasteiger partial charge in [0.1, 0.15) is 6.10 Å². The van der Waals surface area contributed by atoms with Crippen LogP contribution in [0, 0.1) is 23.7 Å². The van der Waals surface area contributed by atoms with E-state index in [-0.39, 0.29) is 18.5 Å². The Morgan fingerprint density at radius 2 is 1.96 bits per heavy atom. The van der Waals surface area contributed by atoms with Crippen molar-refractivity contribution in [2.45, 2.75) is 65.9 Å². The number of rotatable bonds is 9. The third kappa shape index (κ3) is 6.68. The first-order chi connectivity index (χ1) is 11.8. The zero-order chi connectivity index (χ0) is 19.0. The number of hydrogen-bond acceptors (Lipinski definition) is 4. The molecular formula is C21H34O4. The van der Waals surface area contributed by atoms with Crippen LogP contribution in [0.25, 0.3) is 0 Å². The Bertz CT molecular complexity index is 480. The van der Waals surface area contributed by atoms with E-state index >= 15 is 0 Å². The van der Waals surface area contributed by atoms with E-state index in [1.165, 1.54) is 6.42 Å². The van der Waals surface area contributed by atoms with Crippen molar-refractivity contribution < 1.29 is 19.1 Å². The molecule has 4 heteroatoms. The summed E-state index contributed by atoms with van der Waals surface area (Å²) in [5.41, 5.74) is 0.308. The van der Waals surface area contributed by atoms with Crippen LogP contribution in [0.2, 0.25) is 0 Å². The molecule has 4 nitrogen and oxygen atoms in total. The first-order valence-corrected chi connectivity index (χ1v) is 9.46. The van der Waals surface area contributed by atoms with Gasteiger partial charge in [-0.25, -0.2) is 4.79 Å². The molecule has 0 aliphatic heterocycles. The number of carbonyl (C=O) groups excluding carboxylic acids is 2. The summed E-state index contributed by atoms with van der Waals surface area (Å²) in [5, 5.41) is 0. The molecule has 1 rings (SSSR count). The molecule has 4 atom stereocenters. The Kier molecular flexibility index (Phi) is 8.95. The summed E-state index contributed by atoms with van der Waals surface area (Å²) in [6.07, 6.45) is 5.55. The number of carbonyl (C=O) groups is 2. The molecule has 1 saturated carbocycles. The first kappa shape index (κ1) is 21.5. The van der Waals surface area contributed by atoms with Crippen LogP contribution in [0.3, 0.4) is 0 Å². The molecule has 0 N–H and O–H groups in total. The van der Waals surface area contributed by atoms with Crippen molar-refractivity contribution in [2.75, 3.05) is 6.61 Å². The lowest BCUT2D eigenvalue weighted by molar-refractivity contribution is -0.160. The van der Waals surface area contributed by atoms with Crippen LogP contribution < -0.4 is 0 Å². The van der Waals surface area contributed by atoms with E-state index in [0.29, 0.717) is 36.4 Å². The van der Waals surface area contributed by atoms with Gasteiger partial charge in [0.05, 0.1) is 12.5 Å². The maximum absolute atomic E-state index is 12.7. The summed E-state index contributed by atoms with van der Waals surface area (Å²) in [5.74, 6) is 0.320. The average Bonchev–Trinajstić information content (AvgIpc) is 2.54. The monoisotopic (exact) mass is 350 g/mol. The molecule has 0 aromatic rings. The summed E-state index contributed by atoms with van der Waals surface area (Å²) in [7, 11) is 0. The summed E-state index contributed by atoms with van der Waals surface area (Å²) in [6, 6.07) is 0. The highest BCUT2D eigenvalue weighted by Gasteiger charge is 2.35. The molecule has 0 heterocycles. The van der Waals surface area contributed by atoms with E-state index < -0.39 is 11.9 Å². The zero-order valence-electron chi connectivity index (χ0n) is 16.3. The molecule has 0 bridgehead atoms. The molecular weight excluding hydrogens is 316 g/mol. The minimum atomic E-state index is -0.448. The Labute approximate surface area is 152 Å². The smallest absolute Gasteiger partial charge is 0.333 e. The molecule has 0 saturated heterocycles. The largest absolute Gasteiger partial charge is 0.463 e. The molecule has 142 valence electrons. The van der Waals surface area contributed by atoms with Gasteiger partial charge >= 0.3 is 11.9 Å². The highest BCUT2D eigenvalue weighted by Crippen LogP contribution is 2.36. The lowest BCUT2D eigenvalue weighted by Gasteiger charge is -2.37. The van der Waals surface area contributed by atoms with Crippen molar-refractivity contribution in [3.63, 3.8) is 0 Å². The maximum Gasteiger partial charge on any atom is 0.333 e. The number of ether oxygens (including phenoxy) is 2.